The van der Waals surface area contributed by atoms with Crippen LogP contribution in [0.2, 0.25) is 0 Å². The summed E-state index contributed by atoms with van der Waals surface area (Å²) in [7, 11) is 0. The minimum absolute atomic E-state index is 0.0794. The SMILES string of the molecule is CC(=O)N1C[C@@H](C)OC[C@@H]1C(=O)O. The lowest BCUT2D eigenvalue weighted by atomic mass is 10.2. The largest absolute Gasteiger partial charge is 0.480 e. The van der Waals surface area contributed by atoms with Gasteiger partial charge in [-0.05, 0) is 6.92 Å². The van der Waals surface area contributed by atoms with Crippen molar-refractivity contribution in [2.75, 3.05) is 13.2 Å². The average Bonchev–Trinajstić information content (AvgIpc) is 2.03. The summed E-state index contributed by atoms with van der Waals surface area (Å²) in [5, 5.41) is 8.77. The fourth-order valence-corrected chi connectivity index (χ4v) is 1.35. The van der Waals surface area contributed by atoms with E-state index < -0.39 is 12.0 Å². The van der Waals surface area contributed by atoms with Crippen LogP contribution in [0.5, 0.6) is 0 Å². The van der Waals surface area contributed by atoms with Crippen LogP contribution >= 0.6 is 0 Å². The van der Waals surface area contributed by atoms with Gasteiger partial charge in [-0.1, -0.05) is 0 Å². The maximum absolute atomic E-state index is 11.1. The van der Waals surface area contributed by atoms with Gasteiger partial charge in [-0.15, -0.1) is 0 Å². The van der Waals surface area contributed by atoms with Gasteiger partial charge in [0.15, 0.2) is 6.04 Å². The van der Waals surface area contributed by atoms with E-state index in [-0.39, 0.29) is 18.6 Å². The van der Waals surface area contributed by atoms with Gasteiger partial charge >= 0.3 is 5.97 Å². The first kappa shape index (κ1) is 9.98. The number of aliphatic carboxylic acids is 1. The number of ether oxygens (including phenoxy) is 1. The summed E-state index contributed by atoms with van der Waals surface area (Å²) in [5.74, 6) is -1.23. The lowest BCUT2D eigenvalue weighted by molar-refractivity contribution is -0.161. The maximum atomic E-state index is 11.1. The van der Waals surface area contributed by atoms with E-state index in [9.17, 15) is 9.59 Å². The smallest absolute Gasteiger partial charge is 0.328 e. The zero-order valence-corrected chi connectivity index (χ0v) is 7.69. The Morgan fingerprint density at radius 3 is 2.62 bits per heavy atom. The van der Waals surface area contributed by atoms with Gasteiger partial charge in [-0.2, -0.15) is 0 Å². The molecule has 2 atom stereocenters. The summed E-state index contributed by atoms with van der Waals surface area (Å²) in [6.45, 7) is 3.62. The molecular formula is C8H13NO4. The van der Waals surface area contributed by atoms with Gasteiger partial charge in [0.1, 0.15) is 0 Å². The zero-order valence-electron chi connectivity index (χ0n) is 7.69. The van der Waals surface area contributed by atoms with Crippen molar-refractivity contribution in [2.24, 2.45) is 0 Å². The van der Waals surface area contributed by atoms with E-state index in [2.05, 4.69) is 0 Å². The Kier molecular flexibility index (Phi) is 2.87. The quantitative estimate of drug-likeness (QED) is 0.612. The Hall–Kier alpha value is -1.10. The van der Waals surface area contributed by atoms with Crippen molar-refractivity contribution < 1.29 is 19.4 Å². The molecule has 0 radical (unpaired) electrons. The monoisotopic (exact) mass is 187 g/mol. The number of carbonyl (C=O) groups excluding carboxylic acids is 1. The second kappa shape index (κ2) is 3.74. The van der Waals surface area contributed by atoms with E-state index in [1.54, 1.807) is 0 Å². The highest BCUT2D eigenvalue weighted by Gasteiger charge is 2.33. The maximum Gasteiger partial charge on any atom is 0.328 e. The number of carboxylic acid groups (broad SMARTS) is 1. The lowest BCUT2D eigenvalue weighted by Gasteiger charge is -2.35. The molecule has 5 heteroatoms. The van der Waals surface area contributed by atoms with E-state index in [0.29, 0.717) is 6.54 Å². The molecular weight excluding hydrogens is 174 g/mol. The topological polar surface area (TPSA) is 66.8 Å². The normalized spacial score (nSPS) is 28.6. The Balaban J connectivity index is 2.72. The van der Waals surface area contributed by atoms with Gasteiger partial charge in [0.05, 0.1) is 12.7 Å². The third-order valence-electron chi connectivity index (χ3n) is 2.06. The fourth-order valence-electron chi connectivity index (χ4n) is 1.35. The summed E-state index contributed by atoms with van der Waals surface area (Å²) in [6.07, 6.45) is -0.0838. The summed E-state index contributed by atoms with van der Waals surface area (Å²) in [6, 6.07) is -0.825. The molecule has 0 aliphatic carbocycles. The van der Waals surface area contributed by atoms with Crippen molar-refractivity contribution in [3.8, 4) is 0 Å². The number of hydrogen-bond donors (Lipinski definition) is 1. The standard InChI is InChI=1S/C8H13NO4/c1-5-3-9(6(2)10)7(4-13-5)8(11)12/h5,7H,3-4H2,1-2H3,(H,11,12)/t5-,7-/m1/s1. The van der Waals surface area contributed by atoms with Crippen LogP contribution in [0.3, 0.4) is 0 Å². The highest BCUT2D eigenvalue weighted by atomic mass is 16.5. The van der Waals surface area contributed by atoms with Crippen molar-refractivity contribution >= 4 is 11.9 Å². The van der Waals surface area contributed by atoms with Crippen molar-refractivity contribution in [1.82, 2.24) is 4.90 Å². The molecule has 13 heavy (non-hydrogen) atoms. The van der Waals surface area contributed by atoms with Gasteiger partial charge in [0.25, 0.3) is 0 Å². The van der Waals surface area contributed by atoms with Crippen molar-refractivity contribution in [2.45, 2.75) is 26.0 Å². The first-order valence-corrected chi connectivity index (χ1v) is 4.14. The third kappa shape index (κ3) is 2.18. The van der Waals surface area contributed by atoms with E-state index in [1.165, 1.54) is 11.8 Å². The Bertz CT molecular complexity index is 228. The molecule has 1 rings (SSSR count). The van der Waals surface area contributed by atoms with Crippen LogP contribution < -0.4 is 0 Å². The van der Waals surface area contributed by atoms with Crippen molar-refractivity contribution in [3.05, 3.63) is 0 Å². The first-order valence-electron chi connectivity index (χ1n) is 4.14. The van der Waals surface area contributed by atoms with Crippen LogP contribution in [0.15, 0.2) is 0 Å². The van der Waals surface area contributed by atoms with Gasteiger partial charge in [0, 0.05) is 13.5 Å². The van der Waals surface area contributed by atoms with E-state index in [1.807, 2.05) is 6.92 Å². The highest BCUT2D eigenvalue weighted by molar-refractivity contribution is 5.82. The van der Waals surface area contributed by atoms with Crippen LogP contribution in [-0.4, -0.2) is 47.2 Å². The Morgan fingerprint density at radius 2 is 2.15 bits per heavy atom. The molecule has 0 aromatic rings. The Morgan fingerprint density at radius 1 is 1.54 bits per heavy atom. The molecule has 1 heterocycles. The lowest BCUT2D eigenvalue weighted by Crippen LogP contribution is -2.54. The highest BCUT2D eigenvalue weighted by Crippen LogP contribution is 2.11. The predicted molar refractivity (Wildman–Crippen MR) is 44.2 cm³/mol. The number of nitrogens with zero attached hydrogens (tertiary/aromatic N) is 1. The van der Waals surface area contributed by atoms with Crippen molar-refractivity contribution in [1.29, 1.82) is 0 Å². The summed E-state index contributed by atoms with van der Waals surface area (Å²) in [4.78, 5) is 23.1. The zero-order chi connectivity index (χ0) is 10.0. The number of rotatable bonds is 1. The Labute approximate surface area is 76.3 Å². The number of hydrogen-bond acceptors (Lipinski definition) is 3. The van der Waals surface area contributed by atoms with Crippen LogP contribution in [0, 0.1) is 0 Å². The molecule has 5 nitrogen and oxygen atoms in total. The molecule has 1 fully saturated rings. The minimum Gasteiger partial charge on any atom is -0.480 e. The molecule has 0 spiro atoms. The van der Waals surface area contributed by atoms with Crippen LogP contribution in [-0.2, 0) is 14.3 Å². The molecule has 0 unspecified atom stereocenters. The number of carbonyl (C=O) groups is 2. The predicted octanol–water partition coefficient (Wildman–Crippen LogP) is -0.293. The number of amides is 1. The van der Waals surface area contributed by atoms with Gasteiger partial charge < -0.3 is 14.7 Å². The molecule has 74 valence electrons. The molecule has 0 bridgehead atoms. The van der Waals surface area contributed by atoms with Crippen LogP contribution in [0.4, 0.5) is 0 Å². The van der Waals surface area contributed by atoms with Crippen molar-refractivity contribution in [3.63, 3.8) is 0 Å². The molecule has 1 saturated heterocycles. The molecule has 0 aromatic carbocycles. The summed E-state index contributed by atoms with van der Waals surface area (Å²) < 4.78 is 5.16. The first-order chi connectivity index (χ1) is 6.02. The van der Waals surface area contributed by atoms with Crippen LogP contribution in [0.1, 0.15) is 13.8 Å². The third-order valence-corrected chi connectivity index (χ3v) is 2.06. The molecule has 1 aliphatic heterocycles. The average molecular weight is 187 g/mol. The second-order valence-corrected chi connectivity index (χ2v) is 3.17. The van der Waals surface area contributed by atoms with Crippen LogP contribution in [0.25, 0.3) is 0 Å². The number of morpholine rings is 1. The molecule has 1 amide bonds. The van der Waals surface area contributed by atoms with Gasteiger partial charge in [-0.25, -0.2) is 4.79 Å². The van der Waals surface area contributed by atoms with Gasteiger partial charge in [0.2, 0.25) is 5.91 Å². The van der Waals surface area contributed by atoms with E-state index in [4.69, 9.17) is 9.84 Å². The summed E-state index contributed by atoms with van der Waals surface area (Å²) >= 11 is 0. The molecule has 1 N–H and O–H groups in total. The van der Waals surface area contributed by atoms with Gasteiger partial charge in [-0.3, -0.25) is 4.79 Å². The molecule has 0 aromatic heterocycles. The van der Waals surface area contributed by atoms with E-state index >= 15 is 0 Å². The molecule has 0 saturated carbocycles. The number of carboxylic acids is 1. The second-order valence-electron chi connectivity index (χ2n) is 3.17. The summed E-state index contributed by atoms with van der Waals surface area (Å²) in [5.41, 5.74) is 0. The minimum atomic E-state index is -1.01. The fraction of sp³-hybridized carbons (Fsp3) is 0.750. The van der Waals surface area contributed by atoms with E-state index in [0.717, 1.165) is 0 Å². The molecule has 1 aliphatic rings.